The number of nitrogens with two attached hydrogens (primary N) is 1. The maximum Gasteiger partial charge on any atom is 0.134 e. The molecule has 0 aromatic carbocycles. The van der Waals surface area contributed by atoms with E-state index >= 15 is 0 Å². The first kappa shape index (κ1) is 10.3. The normalized spacial score (nSPS) is 13.1. The van der Waals surface area contributed by atoms with Crippen molar-refractivity contribution in [1.29, 1.82) is 0 Å². The summed E-state index contributed by atoms with van der Waals surface area (Å²) in [5, 5.41) is 3.09. The van der Waals surface area contributed by atoms with Crippen LogP contribution in [0, 0.1) is 0 Å². The van der Waals surface area contributed by atoms with Gasteiger partial charge in [0, 0.05) is 21.6 Å². The van der Waals surface area contributed by atoms with Gasteiger partial charge in [0.05, 0.1) is 4.88 Å². The minimum absolute atomic E-state index is 0.0694. The van der Waals surface area contributed by atoms with Crippen LogP contribution >= 0.6 is 38.6 Å². The van der Waals surface area contributed by atoms with E-state index in [9.17, 15) is 0 Å². The Morgan fingerprint density at radius 1 is 1.57 bits per heavy atom. The van der Waals surface area contributed by atoms with Crippen LogP contribution in [-0.4, -0.2) is 4.98 Å². The summed E-state index contributed by atoms with van der Waals surface area (Å²) in [5.41, 5.74) is 5.78. The van der Waals surface area contributed by atoms with Crippen molar-refractivity contribution in [1.82, 2.24) is 4.98 Å². The van der Waals surface area contributed by atoms with Gasteiger partial charge in [0.2, 0.25) is 0 Å². The maximum atomic E-state index is 5.78. The fourth-order valence-corrected chi connectivity index (χ4v) is 3.72. The van der Waals surface area contributed by atoms with Crippen molar-refractivity contribution in [3.8, 4) is 9.88 Å². The zero-order valence-electron chi connectivity index (χ0n) is 7.53. The Kier molecular flexibility index (Phi) is 3.02. The molecule has 74 valence electrons. The number of hydrogen-bond acceptors (Lipinski definition) is 4. The van der Waals surface area contributed by atoms with Crippen LogP contribution in [0.4, 0.5) is 0 Å². The van der Waals surface area contributed by atoms with Crippen LogP contribution in [0.25, 0.3) is 9.88 Å². The van der Waals surface area contributed by atoms with E-state index in [4.69, 9.17) is 5.73 Å². The Hall–Kier alpha value is -0.230. The maximum absolute atomic E-state index is 5.78. The summed E-state index contributed by atoms with van der Waals surface area (Å²) in [5.74, 6) is 0. The Morgan fingerprint density at radius 2 is 2.36 bits per heavy atom. The third-order valence-electron chi connectivity index (χ3n) is 1.78. The first-order valence-electron chi connectivity index (χ1n) is 4.13. The van der Waals surface area contributed by atoms with E-state index in [-0.39, 0.29) is 6.04 Å². The molecule has 14 heavy (non-hydrogen) atoms. The van der Waals surface area contributed by atoms with Crippen molar-refractivity contribution < 1.29 is 0 Å². The van der Waals surface area contributed by atoms with Gasteiger partial charge in [0.25, 0.3) is 0 Å². The van der Waals surface area contributed by atoms with Crippen LogP contribution in [0.2, 0.25) is 0 Å². The summed E-state index contributed by atoms with van der Waals surface area (Å²) >= 11 is 6.84. The predicted molar refractivity (Wildman–Crippen MR) is 65.7 cm³/mol. The highest BCUT2D eigenvalue weighted by Gasteiger charge is 2.11. The molecule has 0 aliphatic rings. The molecule has 2 N–H and O–H groups in total. The molecule has 0 amide bonds. The van der Waals surface area contributed by atoms with Crippen LogP contribution in [0.1, 0.15) is 17.8 Å². The summed E-state index contributed by atoms with van der Waals surface area (Å²) in [6.45, 7) is 1.97. The van der Waals surface area contributed by atoms with E-state index < -0.39 is 0 Å². The van der Waals surface area contributed by atoms with Gasteiger partial charge < -0.3 is 5.73 Å². The van der Waals surface area contributed by atoms with Gasteiger partial charge in [-0.1, -0.05) is 0 Å². The molecule has 0 aliphatic heterocycles. The molecule has 2 nitrogen and oxygen atoms in total. The third kappa shape index (κ3) is 1.91. The molecule has 0 radical (unpaired) electrons. The van der Waals surface area contributed by atoms with Gasteiger partial charge in [-0.25, -0.2) is 4.98 Å². The number of nitrogens with zero attached hydrogens (tertiary/aromatic N) is 1. The monoisotopic (exact) mass is 288 g/mol. The molecule has 0 aliphatic carbocycles. The number of halogens is 1. The van der Waals surface area contributed by atoms with E-state index in [0.29, 0.717) is 0 Å². The molecule has 2 heterocycles. The second kappa shape index (κ2) is 4.10. The molecule has 1 unspecified atom stereocenters. The summed E-state index contributed by atoms with van der Waals surface area (Å²) in [6, 6.07) is 2.10. The number of hydrogen-bond donors (Lipinski definition) is 1. The molecular formula is C9H9BrN2S2. The Balaban J connectivity index is 2.39. The average molecular weight is 289 g/mol. The second-order valence-corrected chi connectivity index (χ2v) is 5.79. The fraction of sp³-hybridized carbons (Fsp3) is 0.222. The molecule has 0 saturated carbocycles. The Bertz CT molecular complexity index is 433. The first-order chi connectivity index (χ1) is 6.68. The van der Waals surface area contributed by atoms with Crippen LogP contribution in [0.3, 0.4) is 0 Å². The lowest BCUT2D eigenvalue weighted by Gasteiger charge is -1.96. The van der Waals surface area contributed by atoms with Crippen LogP contribution < -0.4 is 5.73 Å². The van der Waals surface area contributed by atoms with Gasteiger partial charge in [-0.05, 0) is 34.3 Å². The number of aromatic nitrogens is 1. The molecule has 0 saturated heterocycles. The lowest BCUT2D eigenvalue weighted by atomic mass is 10.3. The number of thiazole rings is 1. The van der Waals surface area contributed by atoms with Gasteiger partial charge in [0.1, 0.15) is 5.01 Å². The van der Waals surface area contributed by atoms with Crippen molar-refractivity contribution >= 4 is 38.6 Å². The van der Waals surface area contributed by atoms with Gasteiger partial charge in [-0.3, -0.25) is 0 Å². The molecule has 2 rings (SSSR count). The zero-order chi connectivity index (χ0) is 10.1. The molecule has 2 aromatic heterocycles. The summed E-state index contributed by atoms with van der Waals surface area (Å²) < 4.78 is 1.10. The van der Waals surface area contributed by atoms with Crippen molar-refractivity contribution in [3.05, 3.63) is 27.0 Å². The third-order valence-corrected chi connectivity index (χ3v) is 4.97. The van der Waals surface area contributed by atoms with E-state index in [2.05, 4.69) is 20.9 Å². The largest absolute Gasteiger partial charge is 0.323 e. The van der Waals surface area contributed by atoms with Gasteiger partial charge >= 0.3 is 0 Å². The fourth-order valence-electron chi connectivity index (χ4n) is 1.05. The second-order valence-electron chi connectivity index (χ2n) is 2.95. The van der Waals surface area contributed by atoms with Crippen molar-refractivity contribution in [2.75, 3.05) is 0 Å². The van der Waals surface area contributed by atoms with Crippen LogP contribution in [0.5, 0.6) is 0 Å². The average Bonchev–Trinajstić information content (AvgIpc) is 2.71. The van der Waals surface area contributed by atoms with E-state index in [1.165, 1.54) is 4.88 Å². The van der Waals surface area contributed by atoms with E-state index in [1.54, 1.807) is 22.7 Å². The quantitative estimate of drug-likeness (QED) is 0.916. The minimum Gasteiger partial charge on any atom is -0.323 e. The molecule has 0 fully saturated rings. The molecule has 2 aromatic rings. The van der Waals surface area contributed by atoms with Gasteiger partial charge in [-0.15, -0.1) is 22.7 Å². The van der Waals surface area contributed by atoms with Gasteiger partial charge in [-0.2, -0.15) is 0 Å². The molecule has 0 bridgehead atoms. The van der Waals surface area contributed by atoms with Crippen LogP contribution in [-0.2, 0) is 0 Å². The number of thiophene rings is 1. The lowest BCUT2D eigenvalue weighted by Crippen LogP contribution is -2.01. The van der Waals surface area contributed by atoms with E-state index in [1.807, 2.05) is 24.6 Å². The predicted octanol–water partition coefficient (Wildman–Crippen LogP) is 3.65. The summed E-state index contributed by atoms with van der Waals surface area (Å²) in [6.07, 6.45) is 1.86. The minimum atomic E-state index is 0.0694. The zero-order valence-corrected chi connectivity index (χ0v) is 10.7. The molecule has 5 heteroatoms. The highest BCUT2D eigenvalue weighted by atomic mass is 79.9. The summed E-state index contributed by atoms with van der Waals surface area (Å²) in [7, 11) is 0. The van der Waals surface area contributed by atoms with Crippen LogP contribution in [0.15, 0.2) is 22.1 Å². The number of rotatable bonds is 2. The highest BCUT2D eigenvalue weighted by molar-refractivity contribution is 9.10. The molecule has 1 atom stereocenters. The highest BCUT2D eigenvalue weighted by Crippen LogP contribution is 2.36. The topological polar surface area (TPSA) is 38.9 Å². The first-order valence-corrected chi connectivity index (χ1v) is 6.62. The standard InChI is InChI=1S/C9H9BrN2S2/c1-5(11)7-4-12-9(14-7)8-6(10)2-3-13-8/h2-5H,11H2,1H3. The smallest absolute Gasteiger partial charge is 0.134 e. The van der Waals surface area contributed by atoms with Crippen molar-refractivity contribution in [3.63, 3.8) is 0 Å². The Labute approximate surface area is 98.9 Å². The lowest BCUT2D eigenvalue weighted by molar-refractivity contribution is 0.835. The van der Waals surface area contributed by atoms with E-state index in [0.717, 1.165) is 14.4 Å². The van der Waals surface area contributed by atoms with Crippen molar-refractivity contribution in [2.45, 2.75) is 13.0 Å². The Morgan fingerprint density at radius 3 is 2.86 bits per heavy atom. The SMILES string of the molecule is CC(N)c1cnc(-c2sccc2Br)s1. The summed E-state index contributed by atoms with van der Waals surface area (Å²) in [4.78, 5) is 6.67. The van der Waals surface area contributed by atoms with Gasteiger partial charge in [0.15, 0.2) is 0 Å². The van der Waals surface area contributed by atoms with Crippen molar-refractivity contribution in [2.24, 2.45) is 5.73 Å². The molecular weight excluding hydrogens is 280 g/mol. The molecule has 0 spiro atoms.